The molecule has 0 spiro atoms. The van der Waals surface area contributed by atoms with Gasteiger partial charge >= 0.3 is 0 Å². The summed E-state index contributed by atoms with van der Waals surface area (Å²) < 4.78 is 7.43. The Balaban J connectivity index is 1.80. The summed E-state index contributed by atoms with van der Waals surface area (Å²) in [4.78, 5) is 12.0. The third-order valence-electron chi connectivity index (χ3n) is 3.75. The molecule has 1 fully saturated rings. The molecule has 0 radical (unpaired) electrons. The molecule has 1 saturated heterocycles. The Morgan fingerprint density at radius 1 is 1.65 bits per heavy atom. The van der Waals surface area contributed by atoms with E-state index in [1.807, 2.05) is 17.8 Å². The van der Waals surface area contributed by atoms with E-state index < -0.39 is 0 Å². The van der Waals surface area contributed by atoms with Crippen molar-refractivity contribution in [1.82, 2.24) is 9.78 Å². The number of ether oxygens (including phenoxy) is 1. The first-order valence-corrected chi connectivity index (χ1v) is 7.64. The number of anilines is 1. The number of aromatic nitrogens is 2. The molecular weight excluding hydrogens is 254 g/mol. The average Bonchev–Trinajstić information content (AvgIpc) is 3.08. The predicted molar refractivity (Wildman–Crippen MR) is 78.5 cm³/mol. The molecule has 1 N–H and O–H groups in total. The Kier molecular flexibility index (Phi) is 5.59. The highest BCUT2D eigenvalue weighted by molar-refractivity contribution is 5.91. The van der Waals surface area contributed by atoms with Crippen LogP contribution in [0.15, 0.2) is 12.4 Å². The average molecular weight is 279 g/mol. The monoisotopic (exact) mass is 279 g/mol. The van der Waals surface area contributed by atoms with Crippen molar-refractivity contribution in [2.24, 2.45) is 5.92 Å². The van der Waals surface area contributed by atoms with Crippen molar-refractivity contribution < 1.29 is 9.53 Å². The van der Waals surface area contributed by atoms with Gasteiger partial charge in [-0.3, -0.25) is 9.48 Å². The Morgan fingerprint density at radius 2 is 2.50 bits per heavy atom. The van der Waals surface area contributed by atoms with Crippen LogP contribution in [0.2, 0.25) is 0 Å². The van der Waals surface area contributed by atoms with E-state index in [1.165, 1.54) is 0 Å². The summed E-state index contributed by atoms with van der Waals surface area (Å²) in [7, 11) is 0. The second-order valence-electron chi connectivity index (χ2n) is 5.62. The van der Waals surface area contributed by atoms with Crippen LogP contribution in [0.4, 0.5) is 5.69 Å². The van der Waals surface area contributed by atoms with Crippen molar-refractivity contribution in [2.75, 3.05) is 11.9 Å². The van der Waals surface area contributed by atoms with Gasteiger partial charge in [0, 0.05) is 18.7 Å². The van der Waals surface area contributed by atoms with Crippen molar-refractivity contribution >= 4 is 11.6 Å². The quantitative estimate of drug-likeness (QED) is 0.835. The maximum atomic E-state index is 12.0. The summed E-state index contributed by atoms with van der Waals surface area (Å²) in [5.41, 5.74) is 0.774. The summed E-state index contributed by atoms with van der Waals surface area (Å²) in [6.07, 6.45) is 9.23. The van der Waals surface area contributed by atoms with E-state index in [-0.39, 0.29) is 17.9 Å². The van der Waals surface area contributed by atoms with E-state index in [4.69, 9.17) is 4.74 Å². The highest BCUT2D eigenvalue weighted by atomic mass is 16.5. The van der Waals surface area contributed by atoms with Gasteiger partial charge in [-0.05, 0) is 19.3 Å². The van der Waals surface area contributed by atoms with Crippen molar-refractivity contribution in [3.63, 3.8) is 0 Å². The molecule has 5 nitrogen and oxygen atoms in total. The summed E-state index contributed by atoms with van der Waals surface area (Å²) >= 11 is 0. The van der Waals surface area contributed by atoms with Crippen molar-refractivity contribution in [1.29, 1.82) is 0 Å². The maximum absolute atomic E-state index is 12.0. The van der Waals surface area contributed by atoms with Crippen LogP contribution in [0.25, 0.3) is 0 Å². The second kappa shape index (κ2) is 7.43. The normalized spacial score (nSPS) is 20.0. The minimum Gasteiger partial charge on any atom is -0.376 e. The lowest BCUT2D eigenvalue weighted by molar-refractivity contribution is -0.119. The molecule has 20 heavy (non-hydrogen) atoms. The van der Waals surface area contributed by atoms with Crippen LogP contribution in [0.3, 0.4) is 0 Å². The molecule has 2 rings (SSSR count). The lowest BCUT2D eigenvalue weighted by Crippen LogP contribution is -2.20. The molecule has 2 atom stereocenters. The Morgan fingerprint density at radius 3 is 3.20 bits per heavy atom. The molecule has 1 aromatic rings. The number of unbranched alkanes of at least 4 members (excludes halogenated alkanes) is 1. The van der Waals surface area contributed by atoms with Crippen molar-refractivity contribution in [3.05, 3.63) is 12.4 Å². The van der Waals surface area contributed by atoms with Crippen molar-refractivity contribution in [3.8, 4) is 0 Å². The molecule has 0 bridgehead atoms. The summed E-state index contributed by atoms with van der Waals surface area (Å²) in [6, 6.07) is 0. The van der Waals surface area contributed by atoms with E-state index in [2.05, 4.69) is 17.3 Å². The van der Waals surface area contributed by atoms with Gasteiger partial charge in [0.15, 0.2) is 0 Å². The molecule has 2 heterocycles. The van der Waals surface area contributed by atoms with Crippen molar-refractivity contribution in [2.45, 2.75) is 58.6 Å². The standard InChI is InChI=1S/C15H25N3O2/c1-3-4-6-12(2)15(19)17-13-9-16-18(10-13)11-14-7-5-8-20-14/h9-10,12,14H,3-8,11H2,1-2H3,(H,17,19)/t12-,14+/m1/s1. The van der Waals surface area contributed by atoms with Crippen LogP contribution in [0.1, 0.15) is 46.0 Å². The first-order chi connectivity index (χ1) is 9.69. The fraction of sp³-hybridized carbons (Fsp3) is 0.733. The first-order valence-electron chi connectivity index (χ1n) is 7.64. The lowest BCUT2D eigenvalue weighted by Gasteiger charge is -2.10. The number of nitrogens with zero attached hydrogens (tertiary/aromatic N) is 2. The number of carbonyl (C=O) groups is 1. The van der Waals surface area contributed by atoms with Gasteiger partial charge < -0.3 is 10.1 Å². The van der Waals surface area contributed by atoms with E-state index in [0.717, 1.165) is 50.9 Å². The third-order valence-corrected chi connectivity index (χ3v) is 3.75. The fourth-order valence-corrected chi connectivity index (χ4v) is 2.43. The topological polar surface area (TPSA) is 56.2 Å². The minimum atomic E-state index is 0.0523. The predicted octanol–water partition coefficient (Wildman–Crippen LogP) is 2.83. The Bertz CT molecular complexity index is 425. The molecule has 112 valence electrons. The van der Waals surface area contributed by atoms with Gasteiger partial charge in [0.05, 0.1) is 24.5 Å². The smallest absolute Gasteiger partial charge is 0.227 e. The van der Waals surface area contributed by atoms with Crippen LogP contribution < -0.4 is 5.32 Å². The van der Waals surface area contributed by atoms with Crippen LogP contribution >= 0.6 is 0 Å². The van der Waals surface area contributed by atoms with Gasteiger partial charge in [-0.2, -0.15) is 5.10 Å². The van der Waals surface area contributed by atoms with Gasteiger partial charge in [-0.25, -0.2) is 0 Å². The summed E-state index contributed by atoms with van der Waals surface area (Å²) in [6.45, 7) is 5.73. The zero-order chi connectivity index (χ0) is 14.4. The van der Waals surface area contributed by atoms with Gasteiger partial charge in [0.25, 0.3) is 0 Å². The number of carbonyl (C=O) groups excluding carboxylic acids is 1. The molecule has 1 amide bonds. The highest BCUT2D eigenvalue weighted by Gasteiger charge is 2.17. The number of nitrogens with one attached hydrogen (secondary N) is 1. The molecule has 0 unspecified atom stereocenters. The van der Waals surface area contributed by atoms with Crippen LogP contribution in [0.5, 0.6) is 0 Å². The zero-order valence-corrected chi connectivity index (χ0v) is 12.5. The summed E-state index contributed by atoms with van der Waals surface area (Å²) in [5.74, 6) is 0.131. The first kappa shape index (κ1) is 15.0. The highest BCUT2D eigenvalue weighted by Crippen LogP contribution is 2.16. The third kappa shape index (κ3) is 4.34. The molecule has 0 aromatic carbocycles. The Labute approximate surface area is 120 Å². The number of hydrogen-bond acceptors (Lipinski definition) is 3. The zero-order valence-electron chi connectivity index (χ0n) is 12.5. The number of amides is 1. The molecule has 0 aliphatic carbocycles. The molecule has 1 aliphatic heterocycles. The molecule has 1 aliphatic rings. The van der Waals surface area contributed by atoms with E-state index in [9.17, 15) is 4.79 Å². The largest absolute Gasteiger partial charge is 0.376 e. The SMILES string of the molecule is CCCC[C@@H](C)C(=O)Nc1cnn(C[C@@H]2CCCO2)c1. The fourth-order valence-electron chi connectivity index (χ4n) is 2.43. The minimum absolute atomic E-state index is 0.0523. The second-order valence-corrected chi connectivity index (χ2v) is 5.62. The lowest BCUT2D eigenvalue weighted by atomic mass is 10.0. The van der Waals surface area contributed by atoms with E-state index >= 15 is 0 Å². The molecule has 0 saturated carbocycles. The molecular formula is C15H25N3O2. The van der Waals surface area contributed by atoms with E-state index in [1.54, 1.807) is 6.20 Å². The van der Waals surface area contributed by atoms with Gasteiger partial charge in [0.2, 0.25) is 5.91 Å². The Hall–Kier alpha value is -1.36. The van der Waals surface area contributed by atoms with Crippen LogP contribution in [-0.2, 0) is 16.1 Å². The van der Waals surface area contributed by atoms with Gasteiger partial charge in [-0.15, -0.1) is 0 Å². The van der Waals surface area contributed by atoms with Gasteiger partial charge in [0.1, 0.15) is 0 Å². The molecule has 5 heteroatoms. The number of rotatable bonds is 7. The van der Waals surface area contributed by atoms with Crippen LogP contribution in [0, 0.1) is 5.92 Å². The summed E-state index contributed by atoms with van der Waals surface area (Å²) in [5, 5.41) is 7.21. The van der Waals surface area contributed by atoms with E-state index in [0.29, 0.717) is 0 Å². The molecule has 1 aromatic heterocycles. The van der Waals surface area contributed by atoms with Gasteiger partial charge in [-0.1, -0.05) is 26.7 Å². The maximum Gasteiger partial charge on any atom is 0.227 e. The number of hydrogen-bond donors (Lipinski definition) is 1. The van der Waals surface area contributed by atoms with Crippen LogP contribution in [-0.4, -0.2) is 28.4 Å².